The number of rotatable bonds is 8. The third-order valence-electron chi connectivity index (χ3n) is 5.38. The summed E-state index contributed by atoms with van der Waals surface area (Å²) in [5.41, 5.74) is 2.80. The molecule has 6 heteroatoms. The van der Waals surface area contributed by atoms with E-state index in [2.05, 4.69) is 36.2 Å². The van der Waals surface area contributed by atoms with Gasteiger partial charge >= 0.3 is 0 Å². The van der Waals surface area contributed by atoms with Gasteiger partial charge in [0.15, 0.2) is 0 Å². The van der Waals surface area contributed by atoms with Crippen LogP contribution in [0.1, 0.15) is 49.8 Å². The van der Waals surface area contributed by atoms with Gasteiger partial charge in [-0.1, -0.05) is 51.1 Å². The molecule has 29 heavy (non-hydrogen) atoms. The van der Waals surface area contributed by atoms with Crippen molar-refractivity contribution in [3.63, 3.8) is 0 Å². The molecule has 0 spiro atoms. The van der Waals surface area contributed by atoms with Crippen molar-refractivity contribution in [3.05, 3.63) is 63.3 Å². The maximum absolute atomic E-state index is 13.2. The fourth-order valence-corrected chi connectivity index (χ4v) is 3.73. The van der Waals surface area contributed by atoms with Crippen LogP contribution in [0.5, 0.6) is 0 Å². The van der Waals surface area contributed by atoms with E-state index in [0.717, 1.165) is 37.2 Å². The minimum absolute atomic E-state index is 0.0407. The second-order valence-electron chi connectivity index (χ2n) is 8.18. The number of benzene rings is 1. The van der Waals surface area contributed by atoms with E-state index in [-0.39, 0.29) is 18.0 Å². The Morgan fingerprint density at radius 1 is 1.24 bits per heavy atom. The van der Waals surface area contributed by atoms with Crippen molar-refractivity contribution in [2.24, 2.45) is 5.92 Å². The van der Waals surface area contributed by atoms with Crippen LogP contribution < -0.4 is 10.9 Å². The minimum Gasteiger partial charge on any atom is -0.355 e. The predicted molar refractivity (Wildman–Crippen MR) is 115 cm³/mol. The number of aryl methyl sites for hydroxylation is 1. The molecule has 1 aliphatic heterocycles. The number of hydrogen-bond donors (Lipinski definition) is 1. The second-order valence-corrected chi connectivity index (χ2v) is 8.18. The molecule has 0 aliphatic carbocycles. The summed E-state index contributed by atoms with van der Waals surface area (Å²) in [6.07, 6.45) is 2.33. The van der Waals surface area contributed by atoms with E-state index in [1.165, 1.54) is 5.56 Å². The van der Waals surface area contributed by atoms with Crippen LogP contribution in [0.15, 0.2) is 35.1 Å². The number of aromatic nitrogens is 2. The van der Waals surface area contributed by atoms with Gasteiger partial charge in [0.05, 0.1) is 11.3 Å². The molecule has 0 bridgehead atoms. The van der Waals surface area contributed by atoms with E-state index in [9.17, 15) is 9.59 Å². The van der Waals surface area contributed by atoms with Gasteiger partial charge in [0.2, 0.25) is 5.91 Å². The lowest BCUT2D eigenvalue weighted by atomic mass is 10.1. The highest BCUT2D eigenvalue weighted by molar-refractivity contribution is 5.75. The van der Waals surface area contributed by atoms with Gasteiger partial charge in [-0.15, -0.1) is 0 Å². The topological polar surface area (TPSA) is 67.2 Å². The standard InChI is InChI=1S/C23H32N4O2/c1-4-21-25-20-11-13-26(14-18-8-6-5-7-9-18)15-19(20)23(29)27(21)16-22(28)24-12-10-17(2)3/h5-9,17H,4,10-16H2,1-3H3,(H,24,28). The van der Waals surface area contributed by atoms with Crippen molar-refractivity contribution < 1.29 is 4.79 Å². The quantitative estimate of drug-likeness (QED) is 0.745. The van der Waals surface area contributed by atoms with Crippen molar-refractivity contribution >= 4 is 5.91 Å². The highest BCUT2D eigenvalue weighted by Crippen LogP contribution is 2.17. The van der Waals surface area contributed by atoms with Gasteiger partial charge in [0, 0.05) is 39.0 Å². The number of carbonyl (C=O) groups is 1. The second kappa shape index (κ2) is 9.83. The Morgan fingerprint density at radius 2 is 2.00 bits per heavy atom. The Bertz CT molecular complexity index is 890. The molecule has 3 rings (SSSR count). The van der Waals surface area contributed by atoms with Gasteiger partial charge in [0.25, 0.3) is 5.56 Å². The van der Waals surface area contributed by atoms with Crippen LogP contribution in [0, 0.1) is 5.92 Å². The minimum atomic E-state index is -0.124. The Morgan fingerprint density at radius 3 is 2.69 bits per heavy atom. The molecule has 0 saturated heterocycles. The highest BCUT2D eigenvalue weighted by atomic mass is 16.2. The molecule has 156 valence electrons. The van der Waals surface area contributed by atoms with E-state index in [1.807, 2.05) is 25.1 Å². The van der Waals surface area contributed by atoms with Crippen LogP contribution in [0.4, 0.5) is 0 Å². The summed E-state index contributed by atoms with van der Waals surface area (Å²) in [5.74, 6) is 1.11. The number of carbonyl (C=O) groups excluding carboxylic acids is 1. The van der Waals surface area contributed by atoms with E-state index in [4.69, 9.17) is 4.98 Å². The molecule has 1 amide bonds. The lowest BCUT2D eigenvalue weighted by Gasteiger charge is -2.28. The number of hydrogen-bond acceptors (Lipinski definition) is 4. The fraction of sp³-hybridized carbons (Fsp3) is 0.522. The number of fused-ring (bicyclic) bond motifs is 1. The van der Waals surface area contributed by atoms with Gasteiger partial charge < -0.3 is 5.32 Å². The molecule has 1 N–H and O–H groups in total. The molecule has 0 unspecified atom stereocenters. The van der Waals surface area contributed by atoms with Crippen molar-refractivity contribution in [1.82, 2.24) is 19.8 Å². The van der Waals surface area contributed by atoms with Crippen molar-refractivity contribution in [1.29, 1.82) is 0 Å². The number of amides is 1. The molecule has 6 nitrogen and oxygen atoms in total. The van der Waals surface area contributed by atoms with Crippen LogP contribution >= 0.6 is 0 Å². The molecule has 0 atom stereocenters. The van der Waals surface area contributed by atoms with Crippen molar-refractivity contribution in [2.75, 3.05) is 13.1 Å². The highest BCUT2D eigenvalue weighted by Gasteiger charge is 2.24. The molecule has 0 radical (unpaired) electrons. The Hall–Kier alpha value is -2.47. The van der Waals surface area contributed by atoms with Gasteiger partial charge in [-0.3, -0.25) is 19.1 Å². The first-order valence-electron chi connectivity index (χ1n) is 10.6. The zero-order valence-corrected chi connectivity index (χ0v) is 17.8. The molecule has 2 heterocycles. The summed E-state index contributed by atoms with van der Waals surface area (Å²) in [6.45, 7) is 9.18. The van der Waals surface area contributed by atoms with Gasteiger partial charge in [-0.05, 0) is 17.9 Å². The Labute approximate surface area is 173 Å². The zero-order valence-electron chi connectivity index (χ0n) is 17.8. The normalized spacial score (nSPS) is 14.1. The largest absolute Gasteiger partial charge is 0.355 e. The first-order chi connectivity index (χ1) is 14.0. The molecule has 1 aliphatic rings. The predicted octanol–water partition coefficient (Wildman–Crippen LogP) is 2.53. The van der Waals surface area contributed by atoms with Gasteiger partial charge in [0.1, 0.15) is 12.4 Å². The molecular formula is C23H32N4O2. The molecular weight excluding hydrogens is 364 g/mol. The summed E-state index contributed by atoms with van der Waals surface area (Å²) >= 11 is 0. The molecule has 1 aromatic heterocycles. The van der Waals surface area contributed by atoms with Crippen LogP contribution in [0.2, 0.25) is 0 Å². The lowest BCUT2D eigenvalue weighted by molar-refractivity contribution is -0.121. The Kier molecular flexibility index (Phi) is 7.20. The zero-order chi connectivity index (χ0) is 20.8. The van der Waals surface area contributed by atoms with Crippen molar-refractivity contribution in [2.45, 2.75) is 59.7 Å². The van der Waals surface area contributed by atoms with Gasteiger partial charge in [-0.2, -0.15) is 0 Å². The monoisotopic (exact) mass is 396 g/mol. The molecule has 2 aromatic rings. The van der Waals surface area contributed by atoms with E-state index in [1.54, 1.807) is 4.57 Å². The fourth-order valence-electron chi connectivity index (χ4n) is 3.73. The van der Waals surface area contributed by atoms with Crippen LogP contribution in [-0.2, 0) is 37.3 Å². The summed E-state index contributed by atoms with van der Waals surface area (Å²) in [4.78, 5) is 32.6. The molecule has 1 aromatic carbocycles. The smallest absolute Gasteiger partial charge is 0.258 e. The first kappa shape index (κ1) is 21.2. The summed E-state index contributed by atoms with van der Waals surface area (Å²) in [6, 6.07) is 10.3. The maximum Gasteiger partial charge on any atom is 0.258 e. The third-order valence-corrected chi connectivity index (χ3v) is 5.38. The van der Waals surface area contributed by atoms with E-state index in [0.29, 0.717) is 31.3 Å². The average molecular weight is 397 g/mol. The number of nitrogens with zero attached hydrogens (tertiary/aromatic N) is 3. The van der Waals surface area contributed by atoms with Crippen LogP contribution in [-0.4, -0.2) is 33.4 Å². The molecule has 0 saturated carbocycles. The van der Waals surface area contributed by atoms with Gasteiger partial charge in [-0.25, -0.2) is 4.98 Å². The third kappa shape index (κ3) is 5.54. The van der Waals surface area contributed by atoms with E-state index < -0.39 is 0 Å². The summed E-state index contributed by atoms with van der Waals surface area (Å²) in [7, 11) is 0. The van der Waals surface area contributed by atoms with E-state index >= 15 is 0 Å². The maximum atomic E-state index is 13.2. The van der Waals surface area contributed by atoms with Crippen molar-refractivity contribution in [3.8, 4) is 0 Å². The summed E-state index contributed by atoms with van der Waals surface area (Å²) < 4.78 is 1.57. The Balaban J connectivity index is 1.76. The van der Waals surface area contributed by atoms with Crippen LogP contribution in [0.25, 0.3) is 0 Å². The number of nitrogens with one attached hydrogen (secondary N) is 1. The SMILES string of the molecule is CCc1nc2c(c(=O)n1CC(=O)NCCC(C)C)CN(Cc1ccccc1)CC2. The first-order valence-corrected chi connectivity index (χ1v) is 10.6. The summed E-state index contributed by atoms with van der Waals surface area (Å²) in [5, 5.41) is 2.93. The average Bonchev–Trinajstić information content (AvgIpc) is 2.71. The lowest BCUT2D eigenvalue weighted by Crippen LogP contribution is -2.41. The molecule has 0 fully saturated rings. The van der Waals surface area contributed by atoms with Crippen LogP contribution in [0.3, 0.4) is 0 Å².